The Labute approximate surface area is 129 Å². The third-order valence-corrected chi connectivity index (χ3v) is 3.80. The van der Waals surface area contributed by atoms with E-state index < -0.39 is 0 Å². The van der Waals surface area contributed by atoms with E-state index in [1.54, 1.807) is 0 Å². The number of carbonyl (C=O) groups excluding carboxylic acids is 1. The standard InChI is InChI=1S/C17H20N2O3/c1-4-18-17(20)14-9-11(2)19(12(14)3)13-5-6-15-16(10-13)22-8-7-21-15/h5-6,9-10H,4,7-8H2,1-3H3,(H,18,20). The minimum absolute atomic E-state index is 0.0422. The van der Waals surface area contributed by atoms with Crippen LogP contribution in [0.5, 0.6) is 11.5 Å². The number of rotatable bonds is 3. The van der Waals surface area contributed by atoms with Crippen LogP contribution in [-0.2, 0) is 0 Å². The Hall–Kier alpha value is -2.43. The molecule has 0 radical (unpaired) electrons. The Balaban J connectivity index is 2.03. The fourth-order valence-electron chi connectivity index (χ4n) is 2.82. The fourth-order valence-corrected chi connectivity index (χ4v) is 2.82. The lowest BCUT2D eigenvalue weighted by Gasteiger charge is -2.20. The van der Waals surface area contributed by atoms with Gasteiger partial charge in [0.25, 0.3) is 5.91 Å². The van der Waals surface area contributed by atoms with Gasteiger partial charge in [0.15, 0.2) is 11.5 Å². The lowest BCUT2D eigenvalue weighted by Crippen LogP contribution is -2.23. The average molecular weight is 300 g/mol. The van der Waals surface area contributed by atoms with Crippen molar-refractivity contribution in [3.63, 3.8) is 0 Å². The van der Waals surface area contributed by atoms with Crippen LogP contribution in [-0.4, -0.2) is 30.2 Å². The Morgan fingerprint density at radius 2 is 1.91 bits per heavy atom. The Morgan fingerprint density at radius 1 is 1.18 bits per heavy atom. The molecule has 2 heterocycles. The van der Waals surface area contributed by atoms with Crippen LogP contribution in [0.1, 0.15) is 28.7 Å². The van der Waals surface area contributed by atoms with Gasteiger partial charge in [-0.05, 0) is 39.0 Å². The monoisotopic (exact) mass is 300 g/mol. The van der Waals surface area contributed by atoms with Gasteiger partial charge in [0.1, 0.15) is 13.2 Å². The molecule has 1 aliphatic rings. The van der Waals surface area contributed by atoms with E-state index in [1.165, 1.54) is 0 Å². The molecule has 1 N–H and O–H groups in total. The number of ether oxygens (including phenoxy) is 2. The third kappa shape index (κ3) is 2.43. The Kier molecular flexibility index (Phi) is 3.79. The molecule has 1 aliphatic heterocycles. The zero-order valence-electron chi connectivity index (χ0n) is 13.1. The predicted molar refractivity (Wildman–Crippen MR) is 84.2 cm³/mol. The maximum absolute atomic E-state index is 12.1. The molecule has 0 aliphatic carbocycles. The fraction of sp³-hybridized carbons (Fsp3) is 0.353. The molecule has 2 aromatic rings. The van der Waals surface area contributed by atoms with Crippen molar-refractivity contribution in [2.45, 2.75) is 20.8 Å². The molecule has 1 aromatic carbocycles. The normalized spacial score (nSPS) is 13.0. The summed E-state index contributed by atoms with van der Waals surface area (Å²) in [7, 11) is 0. The summed E-state index contributed by atoms with van der Waals surface area (Å²) in [6, 6.07) is 7.76. The molecule has 0 spiro atoms. The molecule has 0 atom stereocenters. The number of hydrogen-bond acceptors (Lipinski definition) is 3. The van der Waals surface area contributed by atoms with Crippen LogP contribution in [0.2, 0.25) is 0 Å². The van der Waals surface area contributed by atoms with Crippen molar-refractivity contribution >= 4 is 5.91 Å². The predicted octanol–water partition coefficient (Wildman–Crippen LogP) is 2.62. The largest absolute Gasteiger partial charge is 0.486 e. The van der Waals surface area contributed by atoms with Gasteiger partial charge in [-0.15, -0.1) is 0 Å². The minimum Gasteiger partial charge on any atom is -0.486 e. The summed E-state index contributed by atoms with van der Waals surface area (Å²) in [6.45, 7) is 7.62. The first-order valence-electron chi connectivity index (χ1n) is 7.49. The van der Waals surface area contributed by atoms with Gasteiger partial charge < -0.3 is 19.4 Å². The van der Waals surface area contributed by atoms with Crippen molar-refractivity contribution in [3.8, 4) is 17.2 Å². The molecule has 5 heteroatoms. The molecule has 3 rings (SSSR count). The van der Waals surface area contributed by atoms with Crippen LogP contribution < -0.4 is 14.8 Å². The highest BCUT2D eigenvalue weighted by atomic mass is 16.6. The van der Waals surface area contributed by atoms with Gasteiger partial charge in [0, 0.05) is 29.7 Å². The van der Waals surface area contributed by atoms with Gasteiger partial charge in [-0.3, -0.25) is 4.79 Å². The number of fused-ring (bicyclic) bond motifs is 1. The second-order valence-corrected chi connectivity index (χ2v) is 5.31. The molecule has 22 heavy (non-hydrogen) atoms. The number of aryl methyl sites for hydroxylation is 1. The highest BCUT2D eigenvalue weighted by Crippen LogP contribution is 2.33. The smallest absolute Gasteiger partial charge is 0.253 e. The van der Waals surface area contributed by atoms with Crippen LogP contribution in [0.25, 0.3) is 5.69 Å². The van der Waals surface area contributed by atoms with Crippen LogP contribution in [0.15, 0.2) is 24.3 Å². The number of benzene rings is 1. The van der Waals surface area contributed by atoms with E-state index in [4.69, 9.17) is 9.47 Å². The highest BCUT2D eigenvalue weighted by molar-refractivity contribution is 5.95. The molecule has 0 bridgehead atoms. The van der Waals surface area contributed by atoms with Crippen molar-refractivity contribution in [2.24, 2.45) is 0 Å². The van der Waals surface area contributed by atoms with Crippen molar-refractivity contribution in [1.29, 1.82) is 0 Å². The molecule has 1 amide bonds. The molecule has 116 valence electrons. The first-order valence-corrected chi connectivity index (χ1v) is 7.49. The molecule has 0 unspecified atom stereocenters. The number of nitrogens with one attached hydrogen (secondary N) is 1. The number of aromatic nitrogens is 1. The minimum atomic E-state index is -0.0422. The van der Waals surface area contributed by atoms with Gasteiger partial charge in [0.05, 0.1) is 5.56 Å². The van der Waals surface area contributed by atoms with Crippen molar-refractivity contribution < 1.29 is 14.3 Å². The van der Waals surface area contributed by atoms with Crippen LogP contribution >= 0.6 is 0 Å². The highest BCUT2D eigenvalue weighted by Gasteiger charge is 2.18. The first kappa shape index (κ1) is 14.5. The quantitative estimate of drug-likeness (QED) is 0.948. The van der Waals surface area contributed by atoms with Gasteiger partial charge in [0.2, 0.25) is 0 Å². The van der Waals surface area contributed by atoms with Crippen molar-refractivity contribution in [3.05, 3.63) is 41.2 Å². The van der Waals surface area contributed by atoms with Crippen molar-refractivity contribution in [1.82, 2.24) is 9.88 Å². The third-order valence-electron chi connectivity index (χ3n) is 3.80. The summed E-state index contributed by atoms with van der Waals surface area (Å²) >= 11 is 0. The molecule has 5 nitrogen and oxygen atoms in total. The van der Waals surface area contributed by atoms with E-state index in [1.807, 2.05) is 45.0 Å². The van der Waals surface area contributed by atoms with E-state index >= 15 is 0 Å². The van der Waals surface area contributed by atoms with E-state index in [0.717, 1.165) is 28.6 Å². The molecule has 0 saturated heterocycles. The zero-order valence-corrected chi connectivity index (χ0v) is 13.1. The molecular weight excluding hydrogens is 280 g/mol. The number of nitrogens with zero attached hydrogens (tertiary/aromatic N) is 1. The topological polar surface area (TPSA) is 52.5 Å². The molecule has 1 aromatic heterocycles. The van der Waals surface area contributed by atoms with E-state index in [-0.39, 0.29) is 5.91 Å². The molecular formula is C17H20N2O3. The summed E-state index contributed by atoms with van der Waals surface area (Å²) in [5, 5.41) is 2.85. The molecule has 0 fully saturated rings. The first-order chi connectivity index (χ1) is 10.6. The summed E-state index contributed by atoms with van der Waals surface area (Å²) in [5.41, 5.74) is 3.60. The summed E-state index contributed by atoms with van der Waals surface area (Å²) in [6.07, 6.45) is 0. The van der Waals surface area contributed by atoms with E-state index in [9.17, 15) is 4.79 Å². The maximum atomic E-state index is 12.1. The van der Waals surface area contributed by atoms with Crippen LogP contribution in [0.4, 0.5) is 0 Å². The van der Waals surface area contributed by atoms with Crippen LogP contribution in [0.3, 0.4) is 0 Å². The number of amides is 1. The summed E-state index contributed by atoms with van der Waals surface area (Å²) in [5.74, 6) is 1.47. The number of carbonyl (C=O) groups is 1. The van der Waals surface area contributed by atoms with Gasteiger partial charge in [-0.1, -0.05) is 0 Å². The summed E-state index contributed by atoms with van der Waals surface area (Å²) < 4.78 is 13.3. The van der Waals surface area contributed by atoms with Crippen molar-refractivity contribution in [2.75, 3.05) is 19.8 Å². The summed E-state index contributed by atoms with van der Waals surface area (Å²) in [4.78, 5) is 12.1. The van der Waals surface area contributed by atoms with Gasteiger partial charge in [-0.2, -0.15) is 0 Å². The maximum Gasteiger partial charge on any atom is 0.253 e. The SMILES string of the molecule is CCNC(=O)c1cc(C)n(-c2ccc3c(c2)OCCO3)c1C. The molecule has 0 saturated carbocycles. The van der Waals surface area contributed by atoms with Gasteiger partial charge in [-0.25, -0.2) is 0 Å². The number of hydrogen-bond donors (Lipinski definition) is 1. The van der Waals surface area contributed by atoms with E-state index in [0.29, 0.717) is 25.3 Å². The lowest BCUT2D eigenvalue weighted by molar-refractivity contribution is 0.0955. The average Bonchev–Trinajstić information content (AvgIpc) is 2.82. The van der Waals surface area contributed by atoms with Gasteiger partial charge >= 0.3 is 0 Å². The zero-order chi connectivity index (χ0) is 15.7. The Bertz CT molecular complexity index is 719. The van der Waals surface area contributed by atoms with E-state index in [2.05, 4.69) is 9.88 Å². The lowest BCUT2D eigenvalue weighted by atomic mass is 10.2. The Morgan fingerprint density at radius 3 is 2.64 bits per heavy atom. The van der Waals surface area contributed by atoms with Crippen LogP contribution in [0, 0.1) is 13.8 Å². The second kappa shape index (κ2) is 5.75. The second-order valence-electron chi connectivity index (χ2n) is 5.31.